The molecule has 1 aromatic rings. The summed E-state index contributed by atoms with van der Waals surface area (Å²) in [6, 6.07) is 7.49. The molecule has 2 heterocycles. The van der Waals surface area contributed by atoms with Gasteiger partial charge in [0.2, 0.25) is 5.91 Å². The van der Waals surface area contributed by atoms with Gasteiger partial charge in [-0.1, -0.05) is 36.1 Å². The fraction of sp³-hybridized carbons (Fsp3) is 0.389. The van der Waals surface area contributed by atoms with Crippen molar-refractivity contribution in [3.63, 3.8) is 0 Å². The molecule has 26 heavy (non-hydrogen) atoms. The minimum absolute atomic E-state index is 0.0225. The van der Waals surface area contributed by atoms with Gasteiger partial charge >= 0.3 is 0 Å². The van der Waals surface area contributed by atoms with Crippen molar-refractivity contribution in [1.29, 1.82) is 0 Å². The molecular formula is C18H20N2O4S2. The van der Waals surface area contributed by atoms with Crippen LogP contribution in [0, 0.1) is 0 Å². The van der Waals surface area contributed by atoms with Crippen LogP contribution < -0.4 is 4.74 Å². The zero-order chi connectivity index (χ0) is 18.5. The zero-order valence-corrected chi connectivity index (χ0v) is 16.1. The zero-order valence-electron chi connectivity index (χ0n) is 14.5. The first-order valence-electron chi connectivity index (χ1n) is 8.42. The first-order valence-corrected chi connectivity index (χ1v) is 9.64. The minimum atomic E-state index is -0.226. The largest absolute Gasteiger partial charge is 0.494 e. The molecule has 6 nitrogen and oxygen atoms in total. The predicted octanol–water partition coefficient (Wildman–Crippen LogP) is 2.15. The summed E-state index contributed by atoms with van der Waals surface area (Å²) >= 11 is 6.52. The van der Waals surface area contributed by atoms with Crippen molar-refractivity contribution in [2.45, 2.75) is 6.92 Å². The number of nitrogens with zero attached hydrogens (tertiary/aromatic N) is 2. The third-order valence-corrected chi connectivity index (χ3v) is 5.40. The maximum atomic E-state index is 12.6. The molecule has 138 valence electrons. The summed E-state index contributed by atoms with van der Waals surface area (Å²) < 4.78 is 11.1. The average molecular weight is 393 g/mol. The number of carbonyl (C=O) groups is 2. The summed E-state index contributed by atoms with van der Waals surface area (Å²) in [4.78, 5) is 28.6. The van der Waals surface area contributed by atoms with Crippen LogP contribution in [0.1, 0.15) is 12.5 Å². The standard InChI is InChI=1S/C18H20N2O4S2/c1-2-24-14-5-3-13(4-6-14)11-15-17(22)20(18(25)26-15)12-16(21)19-7-9-23-10-8-19/h3-6,11H,2,7-10,12H2,1H3/b15-11+. The topological polar surface area (TPSA) is 59.1 Å². The Bertz CT molecular complexity index is 727. The molecule has 0 aromatic heterocycles. The quantitative estimate of drug-likeness (QED) is 0.565. The Hall–Kier alpha value is -1.90. The summed E-state index contributed by atoms with van der Waals surface area (Å²) in [7, 11) is 0. The molecule has 2 aliphatic rings. The Kier molecular flexibility index (Phi) is 6.29. The predicted molar refractivity (Wildman–Crippen MR) is 105 cm³/mol. The van der Waals surface area contributed by atoms with Gasteiger partial charge in [0.15, 0.2) is 0 Å². The number of hydrogen-bond donors (Lipinski definition) is 0. The van der Waals surface area contributed by atoms with Crippen molar-refractivity contribution in [3.05, 3.63) is 34.7 Å². The van der Waals surface area contributed by atoms with Crippen LogP contribution in [0.15, 0.2) is 29.2 Å². The molecule has 0 unspecified atom stereocenters. The maximum Gasteiger partial charge on any atom is 0.266 e. The van der Waals surface area contributed by atoms with Crippen LogP contribution in [0.2, 0.25) is 0 Å². The third-order valence-electron chi connectivity index (χ3n) is 4.02. The maximum absolute atomic E-state index is 12.6. The van der Waals surface area contributed by atoms with Gasteiger partial charge in [-0.3, -0.25) is 14.5 Å². The van der Waals surface area contributed by atoms with Gasteiger partial charge in [0, 0.05) is 13.1 Å². The minimum Gasteiger partial charge on any atom is -0.494 e. The van der Waals surface area contributed by atoms with Gasteiger partial charge in [-0.25, -0.2) is 0 Å². The number of rotatable bonds is 5. The molecule has 3 rings (SSSR count). The molecule has 0 spiro atoms. The van der Waals surface area contributed by atoms with E-state index >= 15 is 0 Å². The van der Waals surface area contributed by atoms with Crippen LogP contribution in [-0.4, -0.2) is 65.4 Å². The second-order valence-corrected chi connectivity index (χ2v) is 7.44. The number of amides is 2. The highest BCUT2D eigenvalue weighted by Gasteiger charge is 2.34. The van der Waals surface area contributed by atoms with E-state index in [0.29, 0.717) is 42.1 Å². The van der Waals surface area contributed by atoms with Crippen molar-refractivity contribution >= 4 is 46.2 Å². The second kappa shape index (κ2) is 8.66. The van der Waals surface area contributed by atoms with E-state index in [0.717, 1.165) is 11.3 Å². The molecule has 1 aromatic carbocycles. The first kappa shape index (κ1) is 18.9. The number of thioether (sulfide) groups is 1. The molecule has 8 heteroatoms. The van der Waals surface area contributed by atoms with Gasteiger partial charge in [0.25, 0.3) is 5.91 Å². The molecular weight excluding hydrogens is 372 g/mol. The Labute approximate surface area is 162 Å². The van der Waals surface area contributed by atoms with E-state index in [4.69, 9.17) is 21.7 Å². The first-order chi connectivity index (χ1) is 12.6. The van der Waals surface area contributed by atoms with Crippen molar-refractivity contribution in [3.8, 4) is 5.75 Å². The Morgan fingerprint density at radius 3 is 2.65 bits per heavy atom. The van der Waals surface area contributed by atoms with Gasteiger partial charge in [0.1, 0.15) is 16.6 Å². The summed E-state index contributed by atoms with van der Waals surface area (Å²) in [6.07, 6.45) is 1.79. The fourth-order valence-corrected chi connectivity index (χ4v) is 3.92. The van der Waals surface area contributed by atoms with Crippen LogP contribution in [0.4, 0.5) is 0 Å². The van der Waals surface area contributed by atoms with E-state index in [1.165, 1.54) is 16.7 Å². The van der Waals surface area contributed by atoms with Gasteiger partial charge in [0.05, 0.1) is 24.7 Å². The van der Waals surface area contributed by atoms with E-state index in [1.54, 1.807) is 11.0 Å². The average Bonchev–Trinajstić information content (AvgIpc) is 2.91. The number of carbonyl (C=O) groups excluding carboxylic acids is 2. The monoisotopic (exact) mass is 392 g/mol. The lowest BCUT2D eigenvalue weighted by atomic mass is 10.2. The summed E-state index contributed by atoms with van der Waals surface area (Å²) in [5.41, 5.74) is 0.883. The van der Waals surface area contributed by atoms with E-state index in [2.05, 4.69) is 0 Å². The lowest BCUT2D eigenvalue weighted by Gasteiger charge is -2.28. The molecule has 0 N–H and O–H groups in total. The Morgan fingerprint density at radius 1 is 1.31 bits per heavy atom. The molecule has 0 saturated carbocycles. The highest BCUT2D eigenvalue weighted by Crippen LogP contribution is 2.32. The van der Waals surface area contributed by atoms with E-state index in [9.17, 15) is 9.59 Å². The summed E-state index contributed by atoms with van der Waals surface area (Å²) in [5.74, 6) is 0.454. The smallest absolute Gasteiger partial charge is 0.266 e. The Balaban J connectivity index is 1.66. The lowest BCUT2D eigenvalue weighted by Crippen LogP contribution is -2.46. The van der Waals surface area contributed by atoms with E-state index in [-0.39, 0.29) is 18.4 Å². The van der Waals surface area contributed by atoms with Crippen molar-refractivity contribution in [2.24, 2.45) is 0 Å². The van der Waals surface area contributed by atoms with Gasteiger partial charge < -0.3 is 14.4 Å². The molecule has 0 radical (unpaired) electrons. The highest BCUT2D eigenvalue weighted by molar-refractivity contribution is 8.26. The number of benzene rings is 1. The number of thiocarbonyl (C=S) groups is 1. The normalized spacial score (nSPS) is 19.3. The lowest BCUT2D eigenvalue weighted by molar-refractivity contribution is -0.138. The second-order valence-electron chi connectivity index (χ2n) is 5.76. The molecule has 0 aliphatic carbocycles. The van der Waals surface area contributed by atoms with Crippen LogP contribution in [0.3, 0.4) is 0 Å². The van der Waals surface area contributed by atoms with Crippen LogP contribution in [0.5, 0.6) is 5.75 Å². The van der Waals surface area contributed by atoms with Gasteiger partial charge in [-0.15, -0.1) is 0 Å². The summed E-state index contributed by atoms with van der Waals surface area (Å²) in [5, 5.41) is 0. The van der Waals surface area contributed by atoms with E-state index < -0.39 is 0 Å². The van der Waals surface area contributed by atoms with Crippen LogP contribution in [0.25, 0.3) is 6.08 Å². The van der Waals surface area contributed by atoms with Gasteiger partial charge in [-0.2, -0.15) is 0 Å². The molecule has 0 atom stereocenters. The molecule has 2 fully saturated rings. The number of hydrogen-bond acceptors (Lipinski definition) is 6. The van der Waals surface area contributed by atoms with Crippen molar-refractivity contribution in [1.82, 2.24) is 9.80 Å². The van der Waals surface area contributed by atoms with Gasteiger partial charge in [-0.05, 0) is 30.7 Å². The van der Waals surface area contributed by atoms with Crippen LogP contribution >= 0.6 is 24.0 Å². The highest BCUT2D eigenvalue weighted by atomic mass is 32.2. The van der Waals surface area contributed by atoms with Crippen LogP contribution in [-0.2, 0) is 14.3 Å². The molecule has 2 amide bonds. The fourth-order valence-electron chi connectivity index (χ4n) is 2.66. The SMILES string of the molecule is CCOc1ccc(/C=C2/SC(=S)N(CC(=O)N3CCOCC3)C2=O)cc1. The van der Waals surface area contributed by atoms with Crippen molar-refractivity contribution in [2.75, 3.05) is 39.5 Å². The number of ether oxygens (including phenoxy) is 2. The Morgan fingerprint density at radius 2 is 2.00 bits per heavy atom. The van der Waals surface area contributed by atoms with Crippen molar-refractivity contribution < 1.29 is 19.1 Å². The molecule has 0 bridgehead atoms. The molecule has 2 saturated heterocycles. The van der Waals surface area contributed by atoms with E-state index in [1.807, 2.05) is 31.2 Å². The third kappa shape index (κ3) is 4.44. The number of morpholine rings is 1. The summed E-state index contributed by atoms with van der Waals surface area (Å²) in [6.45, 7) is 4.67. The molecule has 2 aliphatic heterocycles.